The Morgan fingerprint density at radius 3 is 2.30 bits per heavy atom. The van der Waals surface area contributed by atoms with Crippen LogP contribution in [-0.4, -0.2) is 20.4 Å². The number of nitrogens with one attached hydrogen (secondary N) is 1. The fourth-order valence-corrected chi connectivity index (χ4v) is 3.79. The van der Waals surface area contributed by atoms with Gasteiger partial charge in [-0.1, -0.05) is 30.3 Å². The summed E-state index contributed by atoms with van der Waals surface area (Å²) < 4.78 is 28.8. The standard InChI is InChI=1S/C26H22F2N4O/c27-22-8-18(9-23(28)11-22)12-31-26(33)24-10-20(16-32(24)15-17-6-7-17)21-13-29-25(30-14-21)19-4-2-1-3-5-19/h1-5,8-11,13-14,16-17H,6-7,12,15H2,(H,31,33). The van der Waals surface area contributed by atoms with E-state index in [2.05, 4.69) is 15.3 Å². The molecule has 2 heterocycles. The van der Waals surface area contributed by atoms with Crippen LogP contribution in [0.1, 0.15) is 28.9 Å². The maximum absolute atomic E-state index is 13.4. The first-order valence-electron chi connectivity index (χ1n) is 10.9. The quantitative estimate of drug-likeness (QED) is 0.425. The molecule has 5 rings (SSSR count). The molecule has 0 aliphatic heterocycles. The molecule has 1 saturated carbocycles. The summed E-state index contributed by atoms with van der Waals surface area (Å²) in [5.41, 5.74) is 3.46. The second-order valence-corrected chi connectivity index (χ2v) is 8.33. The zero-order valence-electron chi connectivity index (χ0n) is 17.8. The molecule has 0 spiro atoms. The van der Waals surface area contributed by atoms with E-state index >= 15 is 0 Å². The molecule has 1 aliphatic rings. The van der Waals surface area contributed by atoms with E-state index in [0.29, 0.717) is 23.0 Å². The lowest BCUT2D eigenvalue weighted by Crippen LogP contribution is -2.25. The van der Waals surface area contributed by atoms with Gasteiger partial charge < -0.3 is 9.88 Å². The smallest absolute Gasteiger partial charge is 0.268 e. The van der Waals surface area contributed by atoms with Crippen LogP contribution in [0.5, 0.6) is 0 Å². The van der Waals surface area contributed by atoms with Crippen LogP contribution in [0.3, 0.4) is 0 Å². The molecule has 7 heteroatoms. The second-order valence-electron chi connectivity index (χ2n) is 8.33. The molecule has 4 aromatic rings. The molecule has 1 aliphatic carbocycles. The largest absolute Gasteiger partial charge is 0.347 e. The lowest BCUT2D eigenvalue weighted by molar-refractivity contribution is 0.0941. The maximum Gasteiger partial charge on any atom is 0.268 e. The summed E-state index contributed by atoms with van der Waals surface area (Å²) in [5.74, 6) is -0.438. The van der Waals surface area contributed by atoms with Crippen molar-refractivity contribution < 1.29 is 13.6 Å². The monoisotopic (exact) mass is 444 g/mol. The van der Waals surface area contributed by atoms with Crippen LogP contribution >= 0.6 is 0 Å². The number of amides is 1. The third kappa shape index (κ3) is 4.98. The highest BCUT2D eigenvalue weighted by Crippen LogP contribution is 2.32. The first-order valence-corrected chi connectivity index (χ1v) is 10.9. The van der Waals surface area contributed by atoms with Crippen molar-refractivity contribution in [3.05, 3.63) is 96.1 Å². The van der Waals surface area contributed by atoms with Gasteiger partial charge in [0.05, 0.1) is 0 Å². The number of rotatable bonds is 7. The van der Waals surface area contributed by atoms with Crippen molar-refractivity contribution in [2.45, 2.75) is 25.9 Å². The normalized spacial score (nSPS) is 13.2. The molecule has 33 heavy (non-hydrogen) atoms. The zero-order valence-corrected chi connectivity index (χ0v) is 17.8. The number of halogens is 2. The van der Waals surface area contributed by atoms with Gasteiger partial charge >= 0.3 is 0 Å². The van der Waals surface area contributed by atoms with E-state index in [0.717, 1.165) is 42.1 Å². The molecule has 2 aromatic carbocycles. The summed E-state index contributed by atoms with van der Waals surface area (Å²) in [6.07, 6.45) is 7.74. The Morgan fingerprint density at radius 1 is 0.939 bits per heavy atom. The van der Waals surface area contributed by atoms with Crippen LogP contribution in [0, 0.1) is 17.6 Å². The Hall–Kier alpha value is -3.87. The highest BCUT2D eigenvalue weighted by atomic mass is 19.1. The summed E-state index contributed by atoms with van der Waals surface area (Å²) in [7, 11) is 0. The summed E-state index contributed by atoms with van der Waals surface area (Å²) in [4.78, 5) is 21.9. The first kappa shape index (κ1) is 21.0. The maximum atomic E-state index is 13.4. The molecule has 0 bridgehead atoms. The van der Waals surface area contributed by atoms with Crippen LogP contribution in [0.2, 0.25) is 0 Å². The van der Waals surface area contributed by atoms with E-state index in [4.69, 9.17) is 0 Å². The highest BCUT2D eigenvalue weighted by molar-refractivity contribution is 5.94. The van der Waals surface area contributed by atoms with Gasteiger partial charge in [-0.15, -0.1) is 0 Å². The molecule has 5 nitrogen and oxygen atoms in total. The molecule has 0 atom stereocenters. The summed E-state index contributed by atoms with van der Waals surface area (Å²) in [6, 6.07) is 14.8. The average Bonchev–Trinajstić information content (AvgIpc) is 3.54. The Bertz CT molecular complexity index is 1260. The fraction of sp³-hybridized carbons (Fsp3) is 0.192. The lowest BCUT2D eigenvalue weighted by Gasteiger charge is -2.09. The predicted molar refractivity (Wildman–Crippen MR) is 121 cm³/mol. The molecule has 1 amide bonds. The van der Waals surface area contributed by atoms with Gasteiger partial charge in [-0.3, -0.25) is 4.79 Å². The Kier molecular flexibility index (Phi) is 5.69. The predicted octanol–water partition coefficient (Wildman–Crippen LogP) is 5.23. The van der Waals surface area contributed by atoms with Gasteiger partial charge in [0.1, 0.15) is 17.3 Å². The number of aromatic nitrogens is 3. The third-order valence-corrected chi connectivity index (χ3v) is 5.67. The van der Waals surface area contributed by atoms with Crippen molar-refractivity contribution in [3.63, 3.8) is 0 Å². The average molecular weight is 444 g/mol. The molecule has 1 fully saturated rings. The van der Waals surface area contributed by atoms with E-state index in [9.17, 15) is 13.6 Å². The van der Waals surface area contributed by atoms with Crippen LogP contribution in [0.4, 0.5) is 8.78 Å². The second kappa shape index (κ2) is 8.94. The number of carbonyl (C=O) groups is 1. The van der Waals surface area contributed by atoms with Crippen molar-refractivity contribution in [1.29, 1.82) is 0 Å². The number of benzene rings is 2. The Labute approximate surface area is 190 Å². The van der Waals surface area contributed by atoms with Crippen molar-refractivity contribution in [1.82, 2.24) is 19.9 Å². The number of hydrogen-bond acceptors (Lipinski definition) is 3. The van der Waals surface area contributed by atoms with Gasteiger partial charge in [-0.2, -0.15) is 0 Å². The van der Waals surface area contributed by atoms with E-state index in [1.54, 1.807) is 12.4 Å². The number of hydrogen-bond donors (Lipinski definition) is 1. The molecule has 166 valence electrons. The molecular weight excluding hydrogens is 422 g/mol. The summed E-state index contributed by atoms with van der Waals surface area (Å²) in [6.45, 7) is 0.784. The molecule has 0 unspecified atom stereocenters. The van der Waals surface area contributed by atoms with E-state index in [-0.39, 0.29) is 12.5 Å². The van der Waals surface area contributed by atoms with Crippen LogP contribution in [0.25, 0.3) is 22.5 Å². The minimum Gasteiger partial charge on any atom is -0.347 e. The van der Waals surface area contributed by atoms with Crippen molar-refractivity contribution in [2.24, 2.45) is 5.92 Å². The van der Waals surface area contributed by atoms with Gasteiger partial charge in [-0.25, -0.2) is 18.7 Å². The molecule has 2 aromatic heterocycles. The lowest BCUT2D eigenvalue weighted by atomic mass is 10.1. The minimum atomic E-state index is -0.669. The third-order valence-electron chi connectivity index (χ3n) is 5.67. The number of carbonyl (C=O) groups excluding carboxylic acids is 1. The van der Waals surface area contributed by atoms with Crippen LogP contribution in [0.15, 0.2) is 73.2 Å². The SMILES string of the molecule is O=C(NCc1cc(F)cc(F)c1)c1cc(-c2cnc(-c3ccccc3)nc2)cn1CC1CC1. The minimum absolute atomic E-state index is 0.0341. The van der Waals surface area contributed by atoms with Crippen molar-refractivity contribution in [2.75, 3.05) is 0 Å². The van der Waals surface area contributed by atoms with E-state index in [1.165, 1.54) is 12.1 Å². The highest BCUT2D eigenvalue weighted by Gasteiger charge is 2.24. The number of nitrogens with zero attached hydrogens (tertiary/aromatic N) is 3. The van der Waals surface area contributed by atoms with Gasteiger partial charge in [0, 0.05) is 54.4 Å². The van der Waals surface area contributed by atoms with Gasteiger partial charge in [0.15, 0.2) is 5.82 Å². The molecule has 1 N–H and O–H groups in total. The van der Waals surface area contributed by atoms with Crippen molar-refractivity contribution >= 4 is 5.91 Å². The van der Waals surface area contributed by atoms with Crippen LogP contribution in [-0.2, 0) is 13.1 Å². The Morgan fingerprint density at radius 2 is 1.64 bits per heavy atom. The van der Waals surface area contributed by atoms with E-state index < -0.39 is 11.6 Å². The van der Waals surface area contributed by atoms with Gasteiger partial charge in [-0.05, 0) is 42.5 Å². The first-order chi connectivity index (χ1) is 16.0. The molecular formula is C26H22F2N4O. The van der Waals surface area contributed by atoms with Gasteiger partial charge in [0.25, 0.3) is 5.91 Å². The zero-order chi connectivity index (χ0) is 22.8. The fourth-order valence-electron chi connectivity index (χ4n) is 3.79. The Balaban J connectivity index is 1.37. The van der Waals surface area contributed by atoms with Gasteiger partial charge in [0.2, 0.25) is 0 Å². The topological polar surface area (TPSA) is 59.8 Å². The van der Waals surface area contributed by atoms with E-state index in [1.807, 2.05) is 47.2 Å². The summed E-state index contributed by atoms with van der Waals surface area (Å²) >= 11 is 0. The molecule has 0 saturated heterocycles. The van der Waals surface area contributed by atoms with Crippen LogP contribution < -0.4 is 5.32 Å². The molecule has 0 radical (unpaired) electrons. The van der Waals surface area contributed by atoms with Crippen molar-refractivity contribution in [3.8, 4) is 22.5 Å². The summed E-state index contributed by atoms with van der Waals surface area (Å²) in [5, 5.41) is 2.77.